The van der Waals surface area contributed by atoms with Crippen LogP contribution in [0.25, 0.3) is 0 Å². The Morgan fingerprint density at radius 2 is 1.50 bits per heavy atom. The van der Waals surface area contributed by atoms with Crippen molar-refractivity contribution in [3.8, 4) is 0 Å². The van der Waals surface area contributed by atoms with Gasteiger partial charge in [0.1, 0.15) is 12.7 Å². The van der Waals surface area contributed by atoms with Crippen LogP contribution >= 0.6 is 0 Å². The molecule has 2 saturated heterocycles. The number of likely N-dealkylation sites (N-methyl/N-ethyl adjacent to an activating group) is 2. The molecule has 6 amide bonds. The molecule has 2 N–H and O–H groups in total. The van der Waals surface area contributed by atoms with Crippen LogP contribution in [0, 0.1) is 29.6 Å². The van der Waals surface area contributed by atoms with Crippen molar-refractivity contribution in [3.05, 3.63) is 48.0 Å². The van der Waals surface area contributed by atoms with Gasteiger partial charge in [-0.1, -0.05) is 91.3 Å². The molecular weight excluding hydrogens is 955 g/mol. The van der Waals surface area contributed by atoms with E-state index in [1.807, 2.05) is 59.7 Å². The van der Waals surface area contributed by atoms with Gasteiger partial charge in [0, 0.05) is 60.0 Å². The first-order valence-corrected chi connectivity index (χ1v) is 26.5. The van der Waals surface area contributed by atoms with E-state index >= 15 is 0 Å². The van der Waals surface area contributed by atoms with E-state index in [0.29, 0.717) is 62.1 Å². The van der Waals surface area contributed by atoms with Gasteiger partial charge in [0.2, 0.25) is 17.7 Å². The molecule has 1 aromatic carbocycles. The van der Waals surface area contributed by atoms with Crippen LogP contribution in [0.15, 0.2) is 42.5 Å². The zero-order valence-corrected chi connectivity index (χ0v) is 45.9. The van der Waals surface area contributed by atoms with E-state index in [-0.39, 0.29) is 73.0 Å². The molecule has 0 saturated carbocycles. The summed E-state index contributed by atoms with van der Waals surface area (Å²) < 4.78 is 23.7. The molecule has 2 aliphatic heterocycles. The van der Waals surface area contributed by atoms with Crippen molar-refractivity contribution in [2.75, 3.05) is 41.5 Å². The Morgan fingerprint density at radius 1 is 0.838 bits per heavy atom. The van der Waals surface area contributed by atoms with Gasteiger partial charge in [-0.25, -0.2) is 9.59 Å². The van der Waals surface area contributed by atoms with Crippen molar-refractivity contribution in [1.82, 2.24) is 25.1 Å². The van der Waals surface area contributed by atoms with Crippen molar-refractivity contribution in [2.45, 2.75) is 181 Å². The average molecular weight is 1040 g/mol. The summed E-state index contributed by atoms with van der Waals surface area (Å²) in [5.74, 6) is -5.19. The van der Waals surface area contributed by atoms with Gasteiger partial charge in [-0.2, -0.15) is 0 Å². The first-order chi connectivity index (χ1) is 35.1. The second kappa shape index (κ2) is 29.2. The summed E-state index contributed by atoms with van der Waals surface area (Å²) >= 11 is 0. The monoisotopic (exact) mass is 1040 g/mol. The van der Waals surface area contributed by atoms with Gasteiger partial charge in [0.15, 0.2) is 5.78 Å². The zero-order valence-electron chi connectivity index (χ0n) is 45.9. The van der Waals surface area contributed by atoms with Crippen LogP contribution in [0.3, 0.4) is 0 Å². The third-order valence-electron chi connectivity index (χ3n) is 15.1. The minimum atomic E-state index is -0.916. The molecule has 414 valence electrons. The Hall–Kier alpha value is -5.24. The highest BCUT2D eigenvalue weighted by Gasteiger charge is 2.44. The highest BCUT2D eigenvalue weighted by molar-refractivity contribution is 6.01. The first-order valence-electron chi connectivity index (χ1n) is 26.5. The van der Waals surface area contributed by atoms with Gasteiger partial charge < -0.3 is 48.9 Å². The molecule has 4 rings (SSSR count). The summed E-state index contributed by atoms with van der Waals surface area (Å²) in [6, 6.07) is 6.67. The molecule has 0 radical (unpaired) electrons. The van der Waals surface area contributed by atoms with Gasteiger partial charge in [-0.05, 0) is 74.8 Å². The van der Waals surface area contributed by atoms with Crippen LogP contribution in [0.1, 0.15) is 138 Å². The molecule has 2 fully saturated rings. The van der Waals surface area contributed by atoms with Gasteiger partial charge in [-0.3, -0.25) is 28.8 Å². The molecule has 0 spiro atoms. The molecule has 1 aromatic rings. The molecule has 1 aliphatic carbocycles. The maximum Gasteiger partial charge on any atom is 0.410 e. The van der Waals surface area contributed by atoms with E-state index in [1.165, 1.54) is 26.2 Å². The van der Waals surface area contributed by atoms with Gasteiger partial charge in [-0.15, -0.1) is 5.06 Å². The van der Waals surface area contributed by atoms with Crippen LogP contribution in [-0.4, -0.2) is 162 Å². The Balaban J connectivity index is 1.38. The highest BCUT2D eigenvalue weighted by atomic mass is 16.7. The number of carbonyl (C=O) groups is 8. The van der Waals surface area contributed by atoms with E-state index in [1.54, 1.807) is 55.0 Å². The summed E-state index contributed by atoms with van der Waals surface area (Å²) in [4.78, 5) is 116. The second-order valence-electron chi connectivity index (χ2n) is 21.1. The van der Waals surface area contributed by atoms with Crippen LogP contribution in [0.4, 0.5) is 4.79 Å². The summed E-state index contributed by atoms with van der Waals surface area (Å²) in [7, 11) is 6.28. The van der Waals surface area contributed by atoms with E-state index in [0.717, 1.165) is 0 Å². The summed E-state index contributed by atoms with van der Waals surface area (Å²) in [6.07, 6.45) is 3.41. The van der Waals surface area contributed by atoms with E-state index < -0.39 is 90.9 Å². The number of benzene rings is 1. The SMILES string of the molecule is CC[C@H](C)[C@@H]([C@@H](CC(=O)N1CCC[C@H]1[C@H](OC)[C@@H](C)C(=O)N[C@H](C)[C@@H](O)c1ccccc1)OC)N(C)C(=O)[C@H](CC(=O)[C@H](C(C)C)N(C)C(=O)OC1/C=C/CC(OCC(=O)ON2C(=O)CCC2=O)CCC1)C(C)C. The van der Waals surface area contributed by atoms with Crippen molar-refractivity contribution < 1.29 is 67.2 Å². The fourth-order valence-electron chi connectivity index (χ4n) is 10.6. The lowest BCUT2D eigenvalue weighted by Gasteiger charge is -2.41. The van der Waals surface area contributed by atoms with E-state index in [9.17, 15) is 43.5 Å². The lowest BCUT2D eigenvalue weighted by molar-refractivity contribution is -0.201. The number of methoxy groups -OCH3 is 2. The van der Waals surface area contributed by atoms with Crippen molar-refractivity contribution in [2.24, 2.45) is 29.6 Å². The molecule has 19 nitrogen and oxygen atoms in total. The lowest BCUT2D eigenvalue weighted by atomic mass is 9.83. The number of likely N-dealkylation sites (tertiary alicyclic amines) is 1. The van der Waals surface area contributed by atoms with Crippen molar-refractivity contribution in [1.29, 1.82) is 0 Å². The highest BCUT2D eigenvalue weighted by Crippen LogP contribution is 2.32. The number of nitrogens with one attached hydrogen (secondary N) is 1. The number of Topliss-reactive ketones (excluding diaryl/α,β-unsaturated/α-hetero) is 1. The fourth-order valence-corrected chi connectivity index (χ4v) is 10.6. The van der Waals surface area contributed by atoms with E-state index in [4.69, 9.17) is 23.8 Å². The Kier molecular flexibility index (Phi) is 24.2. The minimum absolute atomic E-state index is 0.00843. The number of aliphatic hydroxyl groups excluding tert-OH is 1. The third kappa shape index (κ3) is 16.4. The zero-order chi connectivity index (χ0) is 55.0. The summed E-state index contributed by atoms with van der Waals surface area (Å²) in [5, 5.41) is 14.3. The molecule has 0 aromatic heterocycles. The summed E-state index contributed by atoms with van der Waals surface area (Å²) in [5.41, 5.74) is 0.683. The predicted molar refractivity (Wildman–Crippen MR) is 274 cm³/mol. The number of hydroxylamine groups is 2. The molecule has 74 heavy (non-hydrogen) atoms. The normalized spacial score (nSPS) is 22.3. The number of amides is 6. The second-order valence-corrected chi connectivity index (χ2v) is 21.1. The third-order valence-corrected chi connectivity index (χ3v) is 15.1. The molecule has 2 heterocycles. The van der Waals surface area contributed by atoms with Crippen LogP contribution in [0.2, 0.25) is 0 Å². The lowest BCUT2D eigenvalue weighted by Crippen LogP contribution is -2.55. The molecule has 19 heteroatoms. The Morgan fingerprint density at radius 3 is 2.09 bits per heavy atom. The maximum absolute atomic E-state index is 14.8. The Bertz CT molecular complexity index is 2070. The van der Waals surface area contributed by atoms with Gasteiger partial charge >= 0.3 is 12.1 Å². The van der Waals surface area contributed by atoms with Gasteiger partial charge in [0.05, 0.1) is 60.9 Å². The smallest absolute Gasteiger partial charge is 0.410 e. The number of nitrogens with zero attached hydrogens (tertiary/aromatic N) is 4. The predicted octanol–water partition coefficient (Wildman–Crippen LogP) is 5.96. The number of carbonyl (C=O) groups excluding carboxylic acids is 8. The Labute approximate surface area is 438 Å². The average Bonchev–Trinajstić information content (AvgIpc) is 3.98. The van der Waals surface area contributed by atoms with Gasteiger partial charge in [0.25, 0.3) is 11.8 Å². The van der Waals surface area contributed by atoms with Crippen LogP contribution < -0.4 is 5.32 Å². The molecule has 0 bridgehead atoms. The summed E-state index contributed by atoms with van der Waals surface area (Å²) in [6.45, 7) is 15.0. The molecule has 2 unspecified atom stereocenters. The van der Waals surface area contributed by atoms with Crippen LogP contribution in [-0.2, 0) is 57.3 Å². The topological polar surface area (TPSA) is 228 Å². The molecular formula is C55H85N5O14. The van der Waals surface area contributed by atoms with Crippen molar-refractivity contribution >= 4 is 47.4 Å². The number of rotatable bonds is 26. The minimum Gasteiger partial charge on any atom is -0.442 e. The van der Waals surface area contributed by atoms with Crippen LogP contribution in [0.5, 0.6) is 0 Å². The van der Waals surface area contributed by atoms with E-state index in [2.05, 4.69) is 5.32 Å². The number of aliphatic hydroxyl groups is 1. The number of imide groups is 1. The standard InChI is InChI=1S/C55H85N5O14/c1-13-35(6)50(44(70-11)31-47(64)59-29-19-26-42(59)52(71-12)36(7)53(67)56-37(8)51(66)38-20-15-14-16-21-38)57(9)54(68)41(33(2)3)30-43(61)49(34(4)5)58(10)55(69)73-40-24-17-22-39(23-18-25-40)72-32-48(65)74-60-45(62)27-28-46(60)63/h14-17,20-21,24,33-37,39-42,44,49-52,66H,13,18-19,22-23,25-32H2,1-12H3,(H,56,67)/b24-17+/t35-,36+,37+,39?,40?,41+,42-,44+,49-,50-,51+,52+/m0/s1. The number of hydrogen-bond acceptors (Lipinski definition) is 14. The largest absolute Gasteiger partial charge is 0.442 e. The first kappa shape index (κ1) is 61.3. The molecule has 3 aliphatic rings. The number of ketones is 1. The maximum atomic E-state index is 14.8. The van der Waals surface area contributed by atoms with Crippen molar-refractivity contribution in [3.63, 3.8) is 0 Å². The fraction of sp³-hybridized carbons (Fsp3) is 0.709. The number of hydrogen-bond donors (Lipinski definition) is 2. The number of ether oxygens (including phenoxy) is 4. The quantitative estimate of drug-likeness (QED) is 0.0807. The molecule has 12 atom stereocenters.